The number of rotatable bonds is 6. The SMILES string of the molecule is C=CCC1=C(COc2ccccc2)N=NC1(C)c1ccc(O)cc1. The molecular weight excluding hydrogens is 300 g/mol. The molecule has 0 saturated heterocycles. The summed E-state index contributed by atoms with van der Waals surface area (Å²) in [5.74, 6) is 1.04. The van der Waals surface area contributed by atoms with Crippen molar-refractivity contribution in [3.8, 4) is 11.5 Å². The molecule has 3 rings (SSSR count). The van der Waals surface area contributed by atoms with Crippen molar-refractivity contribution in [1.29, 1.82) is 0 Å². The topological polar surface area (TPSA) is 54.2 Å². The van der Waals surface area contributed by atoms with Gasteiger partial charge in [0.2, 0.25) is 0 Å². The lowest BCUT2D eigenvalue weighted by Gasteiger charge is -2.24. The monoisotopic (exact) mass is 320 g/mol. The molecule has 4 heteroatoms. The lowest BCUT2D eigenvalue weighted by molar-refractivity contribution is 0.349. The van der Waals surface area contributed by atoms with Crippen LogP contribution < -0.4 is 4.74 Å². The van der Waals surface area contributed by atoms with E-state index in [2.05, 4.69) is 16.8 Å². The second kappa shape index (κ2) is 6.71. The first-order chi connectivity index (χ1) is 11.6. The highest BCUT2D eigenvalue weighted by Gasteiger charge is 2.37. The molecule has 2 aromatic rings. The number of ether oxygens (including phenoxy) is 1. The van der Waals surface area contributed by atoms with Crippen LogP contribution in [0.15, 0.2) is 88.8 Å². The van der Waals surface area contributed by atoms with Crippen LogP contribution in [0.3, 0.4) is 0 Å². The van der Waals surface area contributed by atoms with Crippen LogP contribution in [0, 0.1) is 0 Å². The molecule has 1 heterocycles. The van der Waals surface area contributed by atoms with Crippen molar-refractivity contribution in [2.24, 2.45) is 10.2 Å². The molecule has 0 saturated carbocycles. The molecule has 0 fully saturated rings. The van der Waals surface area contributed by atoms with Gasteiger partial charge in [-0.25, -0.2) is 0 Å². The fourth-order valence-corrected chi connectivity index (χ4v) is 2.83. The summed E-state index contributed by atoms with van der Waals surface area (Å²) >= 11 is 0. The van der Waals surface area contributed by atoms with E-state index in [1.54, 1.807) is 12.1 Å². The molecule has 0 bridgehead atoms. The predicted octanol–water partition coefficient (Wildman–Crippen LogP) is 4.98. The summed E-state index contributed by atoms with van der Waals surface area (Å²) in [7, 11) is 0. The van der Waals surface area contributed by atoms with E-state index < -0.39 is 5.54 Å². The molecule has 0 radical (unpaired) electrons. The Morgan fingerprint density at radius 3 is 2.50 bits per heavy atom. The Morgan fingerprint density at radius 1 is 1.12 bits per heavy atom. The predicted molar refractivity (Wildman–Crippen MR) is 94.1 cm³/mol. The summed E-state index contributed by atoms with van der Waals surface area (Å²) in [6.07, 6.45) is 2.53. The third-order valence-electron chi connectivity index (χ3n) is 4.20. The van der Waals surface area contributed by atoms with Crippen molar-refractivity contribution in [1.82, 2.24) is 0 Å². The second-order valence-electron chi connectivity index (χ2n) is 5.84. The number of allylic oxidation sites excluding steroid dienone is 1. The van der Waals surface area contributed by atoms with Gasteiger partial charge in [0, 0.05) is 0 Å². The van der Waals surface area contributed by atoms with Crippen LogP contribution >= 0.6 is 0 Å². The second-order valence-corrected chi connectivity index (χ2v) is 5.84. The van der Waals surface area contributed by atoms with Crippen LogP contribution in [-0.4, -0.2) is 11.7 Å². The number of nitrogens with zero attached hydrogens (tertiary/aromatic N) is 2. The van der Waals surface area contributed by atoms with Crippen LogP contribution in [0.5, 0.6) is 11.5 Å². The highest BCUT2D eigenvalue weighted by molar-refractivity contribution is 5.42. The van der Waals surface area contributed by atoms with Gasteiger partial charge in [0.25, 0.3) is 0 Å². The Hall–Kier alpha value is -2.88. The van der Waals surface area contributed by atoms with Crippen LogP contribution in [0.2, 0.25) is 0 Å². The fraction of sp³-hybridized carbons (Fsp3) is 0.200. The quantitative estimate of drug-likeness (QED) is 0.763. The van der Waals surface area contributed by atoms with Gasteiger partial charge in [-0.05, 0) is 48.7 Å². The average Bonchev–Trinajstić information content (AvgIpc) is 2.92. The lowest BCUT2D eigenvalue weighted by atomic mass is 9.83. The molecule has 0 aromatic heterocycles. The van der Waals surface area contributed by atoms with E-state index in [9.17, 15) is 5.11 Å². The van der Waals surface area contributed by atoms with Crippen molar-refractivity contribution in [2.45, 2.75) is 18.9 Å². The summed E-state index contributed by atoms with van der Waals surface area (Å²) in [6, 6.07) is 16.7. The third kappa shape index (κ3) is 3.08. The number of para-hydroxylation sites is 1. The van der Waals surface area contributed by atoms with Crippen molar-refractivity contribution < 1.29 is 9.84 Å². The number of hydrogen-bond acceptors (Lipinski definition) is 4. The van der Waals surface area contributed by atoms with Gasteiger partial charge in [-0.3, -0.25) is 0 Å². The number of aromatic hydroxyl groups is 1. The smallest absolute Gasteiger partial charge is 0.132 e. The van der Waals surface area contributed by atoms with Crippen molar-refractivity contribution >= 4 is 0 Å². The van der Waals surface area contributed by atoms with Crippen molar-refractivity contribution in [3.05, 3.63) is 84.1 Å². The molecule has 24 heavy (non-hydrogen) atoms. The summed E-state index contributed by atoms with van der Waals surface area (Å²) in [4.78, 5) is 0. The molecule has 0 amide bonds. The molecule has 1 aliphatic rings. The first-order valence-corrected chi connectivity index (χ1v) is 7.87. The normalized spacial score (nSPS) is 19.5. The van der Waals surface area contributed by atoms with E-state index in [0.717, 1.165) is 22.6 Å². The molecule has 1 unspecified atom stereocenters. The zero-order chi connectivity index (χ0) is 17.0. The Labute approximate surface area is 141 Å². The van der Waals surface area contributed by atoms with Gasteiger partial charge in [-0.1, -0.05) is 36.4 Å². The maximum Gasteiger partial charge on any atom is 0.132 e. The van der Waals surface area contributed by atoms with Gasteiger partial charge in [0.05, 0.1) is 0 Å². The summed E-state index contributed by atoms with van der Waals surface area (Å²) in [5, 5.41) is 18.4. The molecular formula is C20H20N2O2. The number of hydrogen-bond donors (Lipinski definition) is 1. The van der Waals surface area contributed by atoms with Crippen LogP contribution in [0.1, 0.15) is 18.9 Å². The van der Waals surface area contributed by atoms with Gasteiger partial charge in [0.1, 0.15) is 29.3 Å². The van der Waals surface area contributed by atoms with Crippen LogP contribution in [-0.2, 0) is 5.54 Å². The molecule has 1 aliphatic heterocycles. The van der Waals surface area contributed by atoms with Gasteiger partial charge < -0.3 is 9.84 Å². The lowest BCUT2D eigenvalue weighted by Crippen LogP contribution is -2.20. The highest BCUT2D eigenvalue weighted by atomic mass is 16.5. The van der Waals surface area contributed by atoms with Gasteiger partial charge >= 0.3 is 0 Å². The van der Waals surface area contributed by atoms with Gasteiger partial charge in [0.15, 0.2) is 0 Å². The molecule has 2 aromatic carbocycles. The van der Waals surface area contributed by atoms with E-state index >= 15 is 0 Å². The van der Waals surface area contributed by atoms with Crippen molar-refractivity contribution in [2.75, 3.05) is 6.61 Å². The zero-order valence-corrected chi connectivity index (χ0v) is 13.6. The first-order valence-electron chi connectivity index (χ1n) is 7.87. The number of azo groups is 1. The van der Waals surface area contributed by atoms with E-state index in [1.165, 1.54) is 0 Å². The molecule has 1 N–H and O–H groups in total. The maximum absolute atomic E-state index is 9.51. The first kappa shape index (κ1) is 16.0. The van der Waals surface area contributed by atoms with E-state index in [0.29, 0.717) is 13.0 Å². The van der Waals surface area contributed by atoms with Gasteiger partial charge in [-0.2, -0.15) is 10.2 Å². The van der Waals surface area contributed by atoms with Crippen LogP contribution in [0.25, 0.3) is 0 Å². The summed E-state index contributed by atoms with van der Waals surface area (Å²) < 4.78 is 5.83. The summed E-state index contributed by atoms with van der Waals surface area (Å²) in [6.45, 7) is 6.24. The van der Waals surface area contributed by atoms with E-state index in [4.69, 9.17) is 4.74 Å². The highest BCUT2D eigenvalue weighted by Crippen LogP contribution is 2.43. The third-order valence-corrected chi connectivity index (χ3v) is 4.20. The molecule has 0 aliphatic carbocycles. The minimum Gasteiger partial charge on any atom is -0.508 e. The molecule has 1 atom stereocenters. The van der Waals surface area contributed by atoms with E-state index in [-0.39, 0.29) is 5.75 Å². The minimum absolute atomic E-state index is 0.235. The average molecular weight is 320 g/mol. The van der Waals surface area contributed by atoms with E-state index in [1.807, 2.05) is 55.5 Å². The number of benzene rings is 2. The Kier molecular flexibility index (Phi) is 4.47. The number of phenolic OH excluding ortho intramolecular Hbond substituents is 1. The fourth-order valence-electron chi connectivity index (χ4n) is 2.83. The Balaban J connectivity index is 1.88. The van der Waals surface area contributed by atoms with Crippen LogP contribution in [0.4, 0.5) is 0 Å². The molecule has 122 valence electrons. The largest absolute Gasteiger partial charge is 0.508 e. The van der Waals surface area contributed by atoms with Crippen molar-refractivity contribution in [3.63, 3.8) is 0 Å². The summed E-state index contributed by atoms with van der Waals surface area (Å²) in [5.41, 5.74) is 2.32. The Morgan fingerprint density at radius 2 is 1.83 bits per heavy atom. The zero-order valence-electron chi connectivity index (χ0n) is 13.6. The van der Waals surface area contributed by atoms with Gasteiger partial charge in [-0.15, -0.1) is 6.58 Å². The maximum atomic E-state index is 9.51. The molecule has 0 spiro atoms. The number of phenols is 1. The molecule has 4 nitrogen and oxygen atoms in total. The minimum atomic E-state index is -0.558. The standard InChI is InChI=1S/C20H20N2O2/c1-3-7-18-19(14-24-17-8-5-4-6-9-17)21-22-20(18,2)15-10-12-16(23)13-11-15/h3-6,8-13,23H,1,7,14H2,2H3. The Bertz CT molecular complexity index is 779.